The molecule has 0 unspecified atom stereocenters. The van der Waals surface area contributed by atoms with E-state index >= 15 is 0 Å². The van der Waals surface area contributed by atoms with Crippen LogP contribution in [0.25, 0.3) is 0 Å². The SMILES string of the molecule is COc1ccc(OC)c(CC(=O)N2CCN(C(=O)c3ccccc3)CC2)c1. The van der Waals surface area contributed by atoms with E-state index in [2.05, 4.69) is 0 Å². The van der Waals surface area contributed by atoms with Crippen LogP contribution in [-0.4, -0.2) is 62.0 Å². The van der Waals surface area contributed by atoms with Crippen molar-refractivity contribution in [2.45, 2.75) is 6.42 Å². The van der Waals surface area contributed by atoms with E-state index < -0.39 is 0 Å². The van der Waals surface area contributed by atoms with E-state index in [4.69, 9.17) is 9.47 Å². The number of ether oxygens (including phenoxy) is 2. The summed E-state index contributed by atoms with van der Waals surface area (Å²) >= 11 is 0. The van der Waals surface area contributed by atoms with Crippen molar-refractivity contribution in [1.82, 2.24) is 9.80 Å². The van der Waals surface area contributed by atoms with Crippen molar-refractivity contribution < 1.29 is 19.1 Å². The first-order valence-corrected chi connectivity index (χ1v) is 8.95. The van der Waals surface area contributed by atoms with Gasteiger partial charge in [0.2, 0.25) is 5.91 Å². The molecule has 6 nitrogen and oxygen atoms in total. The van der Waals surface area contributed by atoms with E-state index in [1.54, 1.807) is 36.2 Å². The van der Waals surface area contributed by atoms with Crippen molar-refractivity contribution in [1.29, 1.82) is 0 Å². The van der Waals surface area contributed by atoms with E-state index in [0.717, 1.165) is 5.56 Å². The molecule has 1 heterocycles. The maximum absolute atomic E-state index is 12.7. The minimum Gasteiger partial charge on any atom is -0.497 e. The number of nitrogens with zero attached hydrogens (tertiary/aromatic N) is 2. The molecule has 0 radical (unpaired) electrons. The van der Waals surface area contributed by atoms with Crippen molar-refractivity contribution in [3.05, 3.63) is 59.7 Å². The first-order chi connectivity index (χ1) is 13.1. The number of rotatable bonds is 5. The third-order valence-electron chi connectivity index (χ3n) is 4.77. The van der Waals surface area contributed by atoms with Gasteiger partial charge in [0.1, 0.15) is 11.5 Å². The van der Waals surface area contributed by atoms with Gasteiger partial charge in [0.25, 0.3) is 5.91 Å². The monoisotopic (exact) mass is 368 g/mol. The molecule has 0 aromatic heterocycles. The second kappa shape index (κ2) is 8.58. The summed E-state index contributed by atoms with van der Waals surface area (Å²) in [5.41, 5.74) is 1.48. The largest absolute Gasteiger partial charge is 0.497 e. The van der Waals surface area contributed by atoms with Crippen LogP contribution in [-0.2, 0) is 11.2 Å². The van der Waals surface area contributed by atoms with Crippen LogP contribution in [0, 0.1) is 0 Å². The Balaban J connectivity index is 1.60. The van der Waals surface area contributed by atoms with E-state index in [1.807, 2.05) is 36.4 Å². The van der Waals surface area contributed by atoms with Crippen molar-refractivity contribution in [2.24, 2.45) is 0 Å². The first kappa shape index (κ1) is 18.8. The van der Waals surface area contributed by atoms with Crippen molar-refractivity contribution in [3.8, 4) is 11.5 Å². The highest BCUT2D eigenvalue weighted by Gasteiger charge is 2.25. The van der Waals surface area contributed by atoms with Gasteiger partial charge in [0, 0.05) is 37.3 Å². The molecule has 1 fully saturated rings. The van der Waals surface area contributed by atoms with Gasteiger partial charge in [0.05, 0.1) is 20.6 Å². The Labute approximate surface area is 159 Å². The Morgan fingerprint density at radius 3 is 2.19 bits per heavy atom. The summed E-state index contributed by atoms with van der Waals surface area (Å²) < 4.78 is 10.6. The number of carbonyl (C=O) groups excluding carboxylic acids is 2. The second-order valence-electron chi connectivity index (χ2n) is 6.39. The number of piperazine rings is 1. The maximum Gasteiger partial charge on any atom is 0.253 e. The van der Waals surface area contributed by atoms with E-state index in [0.29, 0.717) is 43.2 Å². The van der Waals surface area contributed by atoms with Gasteiger partial charge in [-0.25, -0.2) is 0 Å². The zero-order valence-electron chi connectivity index (χ0n) is 15.7. The predicted octanol–water partition coefficient (Wildman–Crippen LogP) is 2.23. The number of benzene rings is 2. The molecule has 142 valence electrons. The predicted molar refractivity (Wildman–Crippen MR) is 102 cm³/mol. The summed E-state index contributed by atoms with van der Waals surface area (Å²) in [5, 5.41) is 0. The van der Waals surface area contributed by atoms with Crippen molar-refractivity contribution >= 4 is 11.8 Å². The van der Waals surface area contributed by atoms with Crippen LogP contribution < -0.4 is 9.47 Å². The zero-order valence-corrected chi connectivity index (χ0v) is 15.7. The summed E-state index contributed by atoms with van der Waals surface area (Å²) in [6.45, 7) is 2.14. The molecular weight excluding hydrogens is 344 g/mol. The fourth-order valence-corrected chi connectivity index (χ4v) is 3.22. The fraction of sp³-hybridized carbons (Fsp3) is 0.333. The van der Waals surface area contributed by atoms with Crippen LogP contribution in [0.4, 0.5) is 0 Å². The lowest BCUT2D eigenvalue weighted by Gasteiger charge is -2.35. The van der Waals surface area contributed by atoms with Crippen LogP contribution in [0.1, 0.15) is 15.9 Å². The Hall–Kier alpha value is -3.02. The van der Waals surface area contributed by atoms with Gasteiger partial charge in [-0.3, -0.25) is 9.59 Å². The number of amides is 2. The zero-order chi connectivity index (χ0) is 19.2. The smallest absolute Gasteiger partial charge is 0.253 e. The lowest BCUT2D eigenvalue weighted by molar-refractivity contribution is -0.131. The number of hydrogen-bond donors (Lipinski definition) is 0. The molecule has 0 atom stereocenters. The van der Waals surface area contributed by atoms with Gasteiger partial charge < -0.3 is 19.3 Å². The molecule has 1 saturated heterocycles. The summed E-state index contributed by atoms with van der Waals surface area (Å²) in [7, 11) is 3.18. The highest BCUT2D eigenvalue weighted by Crippen LogP contribution is 2.25. The molecule has 0 saturated carbocycles. The lowest BCUT2D eigenvalue weighted by atomic mass is 10.1. The van der Waals surface area contributed by atoms with E-state index in [-0.39, 0.29) is 18.2 Å². The molecule has 0 bridgehead atoms. The average Bonchev–Trinajstić information content (AvgIpc) is 2.73. The number of methoxy groups -OCH3 is 2. The van der Waals surface area contributed by atoms with Crippen molar-refractivity contribution in [2.75, 3.05) is 40.4 Å². The lowest BCUT2D eigenvalue weighted by Crippen LogP contribution is -2.51. The molecule has 0 aliphatic carbocycles. The average molecular weight is 368 g/mol. The van der Waals surface area contributed by atoms with Crippen LogP contribution in [0.5, 0.6) is 11.5 Å². The highest BCUT2D eigenvalue weighted by molar-refractivity contribution is 5.94. The summed E-state index contributed by atoms with van der Waals surface area (Å²) in [6.07, 6.45) is 0.243. The van der Waals surface area contributed by atoms with E-state index in [1.165, 1.54) is 0 Å². The molecule has 1 aliphatic rings. The Kier molecular flexibility index (Phi) is 5.96. The third kappa shape index (κ3) is 4.39. The molecular formula is C21H24N2O4. The molecule has 27 heavy (non-hydrogen) atoms. The molecule has 0 N–H and O–H groups in total. The van der Waals surface area contributed by atoms with Gasteiger partial charge in [-0.15, -0.1) is 0 Å². The van der Waals surface area contributed by atoms with Gasteiger partial charge in [-0.05, 0) is 30.3 Å². The molecule has 3 rings (SSSR count). The maximum atomic E-state index is 12.7. The van der Waals surface area contributed by atoms with Gasteiger partial charge in [-0.1, -0.05) is 18.2 Å². The quantitative estimate of drug-likeness (QED) is 0.812. The van der Waals surface area contributed by atoms with Crippen LogP contribution >= 0.6 is 0 Å². The molecule has 0 spiro atoms. The first-order valence-electron chi connectivity index (χ1n) is 8.95. The second-order valence-corrected chi connectivity index (χ2v) is 6.39. The normalized spacial score (nSPS) is 14.0. The summed E-state index contributed by atoms with van der Waals surface area (Å²) in [4.78, 5) is 28.8. The topological polar surface area (TPSA) is 59.1 Å². The van der Waals surface area contributed by atoms with Gasteiger partial charge in [0.15, 0.2) is 0 Å². The van der Waals surface area contributed by atoms with Crippen LogP contribution in [0.2, 0.25) is 0 Å². The third-order valence-corrected chi connectivity index (χ3v) is 4.77. The van der Waals surface area contributed by atoms with E-state index in [9.17, 15) is 9.59 Å². The fourth-order valence-electron chi connectivity index (χ4n) is 3.22. The molecule has 6 heteroatoms. The Morgan fingerprint density at radius 1 is 0.889 bits per heavy atom. The minimum atomic E-state index is 0.0113. The standard InChI is InChI=1S/C21H24N2O4/c1-26-18-8-9-19(27-2)17(14-18)15-20(24)22-10-12-23(13-11-22)21(25)16-6-4-3-5-7-16/h3-9,14H,10-13,15H2,1-2H3. The molecule has 2 amide bonds. The Bertz CT molecular complexity index is 799. The number of carbonyl (C=O) groups is 2. The highest BCUT2D eigenvalue weighted by atomic mass is 16.5. The Morgan fingerprint density at radius 2 is 1.56 bits per heavy atom. The molecule has 2 aromatic rings. The summed E-state index contributed by atoms with van der Waals surface area (Å²) in [6, 6.07) is 14.7. The van der Waals surface area contributed by atoms with Crippen molar-refractivity contribution in [3.63, 3.8) is 0 Å². The minimum absolute atomic E-state index is 0.0113. The van der Waals surface area contributed by atoms with Gasteiger partial charge >= 0.3 is 0 Å². The molecule has 1 aliphatic heterocycles. The molecule has 2 aromatic carbocycles. The van der Waals surface area contributed by atoms with Gasteiger partial charge in [-0.2, -0.15) is 0 Å². The van der Waals surface area contributed by atoms with Crippen LogP contribution in [0.15, 0.2) is 48.5 Å². The van der Waals surface area contributed by atoms with Crippen LogP contribution in [0.3, 0.4) is 0 Å². The number of hydrogen-bond acceptors (Lipinski definition) is 4. The summed E-state index contributed by atoms with van der Waals surface area (Å²) in [5.74, 6) is 1.39.